The zero-order chi connectivity index (χ0) is 16.9. The van der Waals surface area contributed by atoms with Crippen molar-refractivity contribution in [1.29, 1.82) is 0 Å². The molecule has 24 heavy (non-hydrogen) atoms. The van der Waals surface area contributed by atoms with Crippen LogP contribution in [0.15, 0.2) is 54.6 Å². The van der Waals surface area contributed by atoms with E-state index in [-0.39, 0.29) is 5.91 Å². The van der Waals surface area contributed by atoms with Crippen LogP contribution in [-0.4, -0.2) is 31.1 Å². The predicted octanol–water partition coefficient (Wildman–Crippen LogP) is 1.89. The molecule has 0 spiro atoms. The van der Waals surface area contributed by atoms with Gasteiger partial charge in [-0.1, -0.05) is 48.5 Å². The highest BCUT2D eigenvalue weighted by atomic mass is 16.5. The summed E-state index contributed by atoms with van der Waals surface area (Å²) in [7, 11) is 1.31. The summed E-state index contributed by atoms with van der Waals surface area (Å²) in [4.78, 5) is 24.5. The first-order valence-electron chi connectivity index (χ1n) is 7.84. The number of nitrogens with one attached hydrogen (secondary N) is 1. The normalized spacial score (nSPS) is 16.6. The monoisotopic (exact) mass is 325 g/mol. The molecular formula is C19H19NO4. The van der Waals surface area contributed by atoms with Gasteiger partial charge >= 0.3 is 5.97 Å². The SMILES string of the molecule is COC(=O)C(Cc1ccccc1)NC(=O)[C@@H]1Cc2ccccc2O1. The first kappa shape index (κ1) is 16.1. The molecule has 0 fully saturated rings. The number of ether oxygens (including phenoxy) is 2. The molecule has 2 aromatic rings. The molecule has 5 nitrogen and oxygen atoms in total. The van der Waals surface area contributed by atoms with Crippen LogP contribution in [0.1, 0.15) is 11.1 Å². The molecule has 0 radical (unpaired) electrons. The van der Waals surface area contributed by atoms with Gasteiger partial charge in [0.15, 0.2) is 6.10 Å². The zero-order valence-electron chi connectivity index (χ0n) is 13.4. The van der Waals surface area contributed by atoms with Crippen LogP contribution < -0.4 is 10.1 Å². The molecule has 0 bridgehead atoms. The van der Waals surface area contributed by atoms with Crippen LogP contribution in [0.25, 0.3) is 0 Å². The highest BCUT2D eigenvalue weighted by molar-refractivity contribution is 5.88. The number of carbonyl (C=O) groups is 2. The van der Waals surface area contributed by atoms with E-state index in [1.54, 1.807) is 0 Å². The topological polar surface area (TPSA) is 64.6 Å². The van der Waals surface area contributed by atoms with Crippen molar-refractivity contribution in [3.8, 4) is 5.75 Å². The second kappa shape index (κ2) is 7.17. The van der Waals surface area contributed by atoms with Gasteiger partial charge in [-0.05, 0) is 17.2 Å². The first-order chi connectivity index (χ1) is 11.7. The molecule has 1 aliphatic rings. The minimum absolute atomic E-state index is 0.308. The van der Waals surface area contributed by atoms with Gasteiger partial charge in [-0.25, -0.2) is 4.79 Å². The Labute approximate surface area is 140 Å². The van der Waals surface area contributed by atoms with E-state index in [2.05, 4.69) is 5.32 Å². The molecule has 1 aliphatic heterocycles. The van der Waals surface area contributed by atoms with E-state index in [0.29, 0.717) is 12.8 Å². The molecule has 5 heteroatoms. The maximum absolute atomic E-state index is 12.5. The predicted molar refractivity (Wildman–Crippen MR) is 88.7 cm³/mol. The second-order valence-corrected chi connectivity index (χ2v) is 5.69. The molecule has 0 aliphatic carbocycles. The molecule has 1 heterocycles. The molecule has 1 amide bonds. The molecule has 3 rings (SSSR count). The average Bonchev–Trinajstić information content (AvgIpc) is 3.05. The lowest BCUT2D eigenvalue weighted by Gasteiger charge is -2.19. The molecule has 1 N–H and O–H groups in total. The summed E-state index contributed by atoms with van der Waals surface area (Å²) in [6, 6.07) is 16.3. The van der Waals surface area contributed by atoms with E-state index in [9.17, 15) is 9.59 Å². The van der Waals surface area contributed by atoms with Crippen LogP contribution in [0.5, 0.6) is 5.75 Å². The van der Waals surface area contributed by atoms with E-state index in [4.69, 9.17) is 9.47 Å². The maximum Gasteiger partial charge on any atom is 0.328 e. The lowest BCUT2D eigenvalue weighted by molar-refractivity contribution is -0.145. The van der Waals surface area contributed by atoms with Gasteiger partial charge < -0.3 is 14.8 Å². The van der Waals surface area contributed by atoms with E-state index in [1.165, 1.54) is 7.11 Å². The van der Waals surface area contributed by atoms with Crippen LogP contribution in [-0.2, 0) is 27.2 Å². The van der Waals surface area contributed by atoms with Gasteiger partial charge in [0.05, 0.1) is 7.11 Å². The smallest absolute Gasteiger partial charge is 0.328 e. The molecule has 0 aromatic heterocycles. The second-order valence-electron chi connectivity index (χ2n) is 5.69. The molecule has 124 valence electrons. The zero-order valence-corrected chi connectivity index (χ0v) is 13.4. The van der Waals surface area contributed by atoms with Crippen molar-refractivity contribution in [2.45, 2.75) is 25.0 Å². The van der Waals surface area contributed by atoms with Crippen molar-refractivity contribution in [3.63, 3.8) is 0 Å². The highest BCUT2D eigenvalue weighted by Crippen LogP contribution is 2.28. The van der Waals surface area contributed by atoms with Crippen LogP contribution in [0.4, 0.5) is 0 Å². The van der Waals surface area contributed by atoms with Gasteiger partial charge in [-0.15, -0.1) is 0 Å². The largest absolute Gasteiger partial charge is 0.480 e. The summed E-state index contributed by atoms with van der Waals surface area (Å²) in [6.45, 7) is 0. The lowest BCUT2D eigenvalue weighted by Crippen LogP contribution is -2.48. The van der Waals surface area contributed by atoms with Crippen molar-refractivity contribution < 1.29 is 19.1 Å². The fourth-order valence-corrected chi connectivity index (χ4v) is 2.78. The standard InChI is InChI=1S/C19H19NO4/c1-23-19(22)15(11-13-7-3-2-4-8-13)20-18(21)17-12-14-9-5-6-10-16(14)24-17/h2-10,15,17H,11-12H2,1H3,(H,20,21)/t15?,17-/m0/s1. The number of carbonyl (C=O) groups excluding carboxylic acids is 2. The number of benzene rings is 2. The number of hydrogen-bond donors (Lipinski definition) is 1. The van der Waals surface area contributed by atoms with E-state index < -0.39 is 18.1 Å². The van der Waals surface area contributed by atoms with Crippen molar-refractivity contribution >= 4 is 11.9 Å². The Bertz CT molecular complexity index is 704. The summed E-state index contributed by atoms with van der Waals surface area (Å²) in [5, 5.41) is 2.75. The molecular weight excluding hydrogens is 306 g/mol. The van der Waals surface area contributed by atoms with Gasteiger partial charge in [0.1, 0.15) is 11.8 Å². The third-order valence-electron chi connectivity index (χ3n) is 4.02. The van der Waals surface area contributed by atoms with E-state index in [0.717, 1.165) is 16.9 Å². The van der Waals surface area contributed by atoms with E-state index >= 15 is 0 Å². The van der Waals surface area contributed by atoms with Gasteiger partial charge in [-0.3, -0.25) is 4.79 Å². The number of fused-ring (bicyclic) bond motifs is 1. The highest BCUT2D eigenvalue weighted by Gasteiger charge is 2.32. The van der Waals surface area contributed by atoms with Crippen molar-refractivity contribution in [3.05, 3.63) is 65.7 Å². The first-order valence-corrected chi connectivity index (χ1v) is 7.84. The number of hydrogen-bond acceptors (Lipinski definition) is 4. The number of amides is 1. The van der Waals surface area contributed by atoms with Crippen molar-refractivity contribution in [2.75, 3.05) is 7.11 Å². The molecule has 2 atom stereocenters. The van der Waals surface area contributed by atoms with Crippen molar-refractivity contribution in [1.82, 2.24) is 5.32 Å². The fraction of sp³-hybridized carbons (Fsp3) is 0.263. The maximum atomic E-state index is 12.5. The third-order valence-corrected chi connectivity index (χ3v) is 4.02. The molecule has 0 saturated carbocycles. The summed E-state index contributed by atoms with van der Waals surface area (Å²) in [6.07, 6.45) is 0.255. The van der Waals surface area contributed by atoms with Gasteiger partial charge in [-0.2, -0.15) is 0 Å². The number of methoxy groups -OCH3 is 1. The number of rotatable bonds is 5. The van der Waals surface area contributed by atoms with Gasteiger partial charge in [0, 0.05) is 12.8 Å². The van der Waals surface area contributed by atoms with Crippen molar-refractivity contribution in [2.24, 2.45) is 0 Å². The molecule has 2 aromatic carbocycles. The lowest BCUT2D eigenvalue weighted by atomic mass is 10.0. The Morgan fingerprint density at radius 3 is 2.58 bits per heavy atom. The minimum Gasteiger partial charge on any atom is -0.480 e. The Morgan fingerprint density at radius 2 is 1.88 bits per heavy atom. The Morgan fingerprint density at radius 1 is 1.17 bits per heavy atom. The van der Waals surface area contributed by atoms with Crippen LogP contribution >= 0.6 is 0 Å². The summed E-state index contributed by atoms with van der Waals surface area (Å²) < 4.78 is 10.5. The Hall–Kier alpha value is -2.82. The minimum atomic E-state index is -0.739. The quantitative estimate of drug-likeness (QED) is 0.853. The van der Waals surface area contributed by atoms with E-state index in [1.807, 2.05) is 54.6 Å². The summed E-state index contributed by atoms with van der Waals surface area (Å²) >= 11 is 0. The molecule has 1 unspecified atom stereocenters. The molecule has 0 saturated heterocycles. The van der Waals surface area contributed by atoms with Gasteiger partial charge in [0.2, 0.25) is 0 Å². The average molecular weight is 325 g/mol. The van der Waals surface area contributed by atoms with Crippen LogP contribution in [0, 0.1) is 0 Å². The fourth-order valence-electron chi connectivity index (χ4n) is 2.78. The Balaban J connectivity index is 1.67. The number of esters is 1. The summed E-state index contributed by atoms with van der Waals surface area (Å²) in [5.74, 6) is -0.0597. The Kier molecular flexibility index (Phi) is 4.79. The van der Waals surface area contributed by atoms with Gasteiger partial charge in [0.25, 0.3) is 5.91 Å². The van der Waals surface area contributed by atoms with Crippen LogP contribution in [0.3, 0.4) is 0 Å². The van der Waals surface area contributed by atoms with Crippen LogP contribution in [0.2, 0.25) is 0 Å². The third kappa shape index (κ3) is 3.56. The number of para-hydroxylation sites is 1. The summed E-state index contributed by atoms with van der Waals surface area (Å²) in [5.41, 5.74) is 1.94.